The van der Waals surface area contributed by atoms with E-state index in [4.69, 9.17) is 5.73 Å². The molecule has 10 heteroatoms. The summed E-state index contributed by atoms with van der Waals surface area (Å²) in [5.41, 5.74) is 10.5. The first-order valence-electron chi connectivity index (χ1n) is 6.97. The van der Waals surface area contributed by atoms with E-state index in [-0.39, 0.29) is 17.3 Å². The largest absolute Gasteiger partial charge is 0.378 e. The summed E-state index contributed by atoms with van der Waals surface area (Å²) < 4.78 is 5.78. The van der Waals surface area contributed by atoms with Crippen molar-refractivity contribution in [3.8, 4) is 5.82 Å². The van der Waals surface area contributed by atoms with Crippen LogP contribution >= 0.6 is 0 Å². The number of nitrogens with one attached hydrogen (secondary N) is 1. The number of nitrogens with two attached hydrogens (primary N) is 1. The molecule has 2 heterocycles. The zero-order valence-electron chi connectivity index (χ0n) is 13.0. The average Bonchev–Trinajstić information content (AvgIpc) is 3.13. The minimum absolute atomic E-state index is 0.0485. The van der Waals surface area contributed by atoms with Crippen LogP contribution in [0.15, 0.2) is 34.0 Å². The number of aryl methyl sites for hydroxylation is 1. The second kappa shape index (κ2) is 6.28. The lowest BCUT2D eigenvalue weighted by Crippen LogP contribution is -2.19. The van der Waals surface area contributed by atoms with Crippen LogP contribution in [0.2, 0.25) is 0 Å². The van der Waals surface area contributed by atoms with Gasteiger partial charge in [0.15, 0.2) is 5.69 Å². The van der Waals surface area contributed by atoms with Crippen molar-refractivity contribution in [2.45, 2.75) is 13.8 Å². The third-order valence-electron chi connectivity index (χ3n) is 3.23. The number of anilines is 1. The first kappa shape index (κ1) is 15.3. The number of carbonyl (C=O) groups is 1. The maximum Gasteiger partial charge on any atom is 0.293 e. The molecule has 0 radical (unpaired) electrons. The Morgan fingerprint density at radius 2 is 2.21 bits per heavy atom. The van der Waals surface area contributed by atoms with E-state index >= 15 is 0 Å². The normalized spacial score (nSPS) is 11.1. The van der Waals surface area contributed by atoms with Crippen LogP contribution in [0.4, 0.5) is 5.82 Å². The fraction of sp³-hybridized carbons (Fsp3) is 0.143. The summed E-state index contributed by atoms with van der Waals surface area (Å²) in [7, 11) is 0. The average molecular weight is 326 g/mol. The molecule has 0 unspecified atom stereocenters. The van der Waals surface area contributed by atoms with Crippen LogP contribution in [-0.2, 0) is 0 Å². The molecule has 0 aliphatic rings. The zero-order chi connectivity index (χ0) is 17.1. The van der Waals surface area contributed by atoms with Gasteiger partial charge in [-0.1, -0.05) is 35.0 Å². The van der Waals surface area contributed by atoms with Crippen LogP contribution in [0.1, 0.15) is 27.3 Å². The summed E-state index contributed by atoms with van der Waals surface area (Å²) in [4.78, 5) is 12.2. The van der Waals surface area contributed by atoms with Gasteiger partial charge in [0, 0.05) is 0 Å². The van der Waals surface area contributed by atoms with Crippen molar-refractivity contribution in [1.82, 2.24) is 30.7 Å². The quantitative estimate of drug-likeness (QED) is 0.529. The first-order valence-corrected chi connectivity index (χ1v) is 6.97. The highest BCUT2D eigenvalue weighted by Gasteiger charge is 2.20. The van der Waals surface area contributed by atoms with Crippen molar-refractivity contribution >= 4 is 17.9 Å². The van der Waals surface area contributed by atoms with Gasteiger partial charge in [0.25, 0.3) is 5.91 Å². The molecular weight excluding hydrogens is 312 g/mol. The van der Waals surface area contributed by atoms with E-state index in [9.17, 15) is 4.79 Å². The molecule has 0 aliphatic heterocycles. The zero-order valence-corrected chi connectivity index (χ0v) is 13.0. The van der Waals surface area contributed by atoms with Crippen molar-refractivity contribution in [3.63, 3.8) is 0 Å². The lowest BCUT2D eigenvalue weighted by atomic mass is 10.2. The van der Waals surface area contributed by atoms with Gasteiger partial charge < -0.3 is 5.73 Å². The minimum Gasteiger partial charge on any atom is -0.378 e. The Balaban J connectivity index is 1.74. The van der Waals surface area contributed by atoms with Gasteiger partial charge in [-0.2, -0.15) is 9.78 Å². The van der Waals surface area contributed by atoms with E-state index < -0.39 is 5.91 Å². The van der Waals surface area contributed by atoms with Crippen LogP contribution in [0.5, 0.6) is 0 Å². The molecule has 122 valence electrons. The van der Waals surface area contributed by atoms with Crippen LogP contribution in [0.3, 0.4) is 0 Å². The summed E-state index contributed by atoms with van der Waals surface area (Å²) in [6.45, 7) is 3.62. The number of nitrogen functional groups attached to an aromatic ring is 1. The van der Waals surface area contributed by atoms with Gasteiger partial charge in [0.2, 0.25) is 11.6 Å². The highest BCUT2D eigenvalue weighted by atomic mass is 16.6. The first-order chi connectivity index (χ1) is 11.6. The summed E-state index contributed by atoms with van der Waals surface area (Å²) in [5, 5.41) is 18.6. The summed E-state index contributed by atoms with van der Waals surface area (Å²) >= 11 is 0. The fourth-order valence-corrected chi connectivity index (χ4v) is 2.05. The van der Waals surface area contributed by atoms with Crippen LogP contribution in [-0.4, -0.2) is 37.4 Å². The van der Waals surface area contributed by atoms with Crippen molar-refractivity contribution in [3.05, 3.63) is 46.8 Å². The fourth-order valence-electron chi connectivity index (χ4n) is 2.05. The third-order valence-corrected chi connectivity index (χ3v) is 3.23. The Labute approximate surface area is 136 Å². The number of hydrogen-bond donors (Lipinski definition) is 2. The molecule has 0 bridgehead atoms. The molecule has 0 atom stereocenters. The van der Waals surface area contributed by atoms with E-state index in [0.29, 0.717) is 5.69 Å². The van der Waals surface area contributed by atoms with Crippen molar-refractivity contribution in [2.75, 3.05) is 5.73 Å². The summed E-state index contributed by atoms with van der Waals surface area (Å²) in [5.74, 6) is -0.285. The SMILES string of the molecule is Cc1cccc(C=NNC(=O)c2nnn(-c3nonc3N)c2C)c1. The van der Waals surface area contributed by atoms with E-state index in [1.165, 1.54) is 4.68 Å². The van der Waals surface area contributed by atoms with Gasteiger partial charge in [-0.15, -0.1) is 5.10 Å². The molecule has 0 fully saturated rings. The van der Waals surface area contributed by atoms with Gasteiger partial charge in [-0.25, -0.2) is 10.1 Å². The molecule has 10 nitrogen and oxygen atoms in total. The van der Waals surface area contributed by atoms with Gasteiger partial charge in [0.05, 0.1) is 11.9 Å². The van der Waals surface area contributed by atoms with Crippen molar-refractivity contribution in [1.29, 1.82) is 0 Å². The molecule has 3 N–H and O–H groups in total. The smallest absolute Gasteiger partial charge is 0.293 e. The highest BCUT2D eigenvalue weighted by molar-refractivity contribution is 5.94. The van der Waals surface area contributed by atoms with E-state index in [2.05, 4.69) is 35.8 Å². The van der Waals surface area contributed by atoms with Gasteiger partial charge in [-0.3, -0.25) is 4.79 Å². The maximum atomic E-state index is 12.2. The maximum absolute atomic E-state index is 12.2. The number of amides is 1. The van der Waals surface area contributed by atoms with Gasteiger partial charge >= 0.3 is 0 Å². The molecule has 1 amide bonds. The Hall–Kier alpha value is -3.56. The minimum atomic E-state index is -0.502. The Kier molecular flexibility index (Phi) is 4.01. The summed E-state index contributed by atoms with van der Waals surface area (Å²) in [6.07, 6.45) is 1.55. The van der Waals surface area contributed by atoms with Crippen LogP contribution in [0, 0.1) is 13.8 Å². The molecule has 3 rings (SSSR count). The van der Waals surface area contributed by atoms with Gasteiger partial charge in [-0.05, 0) is 29.7 Å². The monoisotopic (exact) mass is 326 g/mol. The topological polar surface area (TPSA) is 137 Å². The van der Waals surface area contributed by atoms with Crippen LogP contribution < -0.4 is 11.2 Å². The highest BCUT2D eigenvalue weighted by Crippen LogP contribution is 2.14. The van der Waals surface area contributed by atoms with E-state index in [0.717, 1.165) is 11.1 Å². The lowest BCUT2D eigenvalue weighted by Gasteiger charge is -1.99. The second-order valence-electron chi connectivity index (χ2n) is 5.02. The molecule has 3 aromatic rings. The molecule has 0 aliphatic carbocycles. The summed E-state index contributed by atoms with van der Waals surface area (Å²) in [6, 6.07) is 7.70. The number of benzene rings is 1. The van der Waals surface area contributed by atoms with Crippen LogP contribution in [0.25, 0.3) is 5.82 Å². The molecule has 2 aromatic heterocycles. The van der Waals surface area contributed by atoms with Crippen molar-refractivity contribution in [2.24, 2.45) is 5.10 Å². The number of carbonyl (C=O) groups excluding carboxylic acids is 1. The predicted molar refractivity (Wildman–Crippen MR) is 84.6 cm³/mol. The molecule has 0 saturated carbocycles. The molecule has 24 heavy (non-hydrogen) atoms. The number of nitrogens with zero attached hydrogens (tertiary/aromatic N) is 6. The number of hydrogen-bond acceptors (Lipinski definition) is 8. The molecule has 0 spiro atoms. The Morgan fingerprint density at radius 3 is 2.92 bits per heavy atom. The molecule has 1 aromatic carbocycles. The van der Waals surface area contributed by atoms with E-state index in [1.54, 1.807) is 13.1 Å². The number of hydrazone groups is 1. The van der Waals surface area contributed by atoms with Gasteiger partial charge in [0.1, 0.15) is 0 Å². The second-order valence-corrected chi connectivity index (χ2v) is 5.02. The third kappa shape index (κ3) is 2.97. The Morgan fingerprint density at radius 1 is 1.38 bits per heavy atom. The molecule has 0 saturated heterocycles. The Bertz CT molecular complexity index is 911. The van der Waals surface area contributed by atoms with E-state index in [1.807, 2.05) is 31.2 Å². The number of aromatic nitrogens is 5. The molecular formula is C14H14N8O2. The van der Waals surface area contributed by atoms with Crippen molar-refractivity contribution < 1.29 is 9.42 Å². The predicted octanol–water partition coefficient (Wildman–Crippen LogP) is 0.613. The lowest BCUT2D eigenvalue weighted by molar-refractivity contribution is 0.0949. The number of rotatable bonds is 4. The standard InChI is InChI=1S/C14H14N8O2/c1-8-4-3-5-10(6-8)7-16-18-14(23)11-9(2)22(21-17-11)13-12(15)19-24-20-13/h3-7H,1-2H3,(H2,15,19)(H,18,23).